The lowest BCUT2D eigenvalue weighted by atomic mass is 11.0. The number of hydrogen-bond acceptors (Lipinski definition) is 2. The summed E-state index contributed by atoms with van der Waals surface area (Å²) in [6, 6.07) is 0. The quantitative estimate of drug-likeness (QED) is 0.359. The third-order valence-electron chi connectivity index (χ3n) is 0.750. The molecule has 0 spiro atoms. The fourth-order valence-corrected chi connectivity index (χ4v) is 1.76. The van der Waals surface area contributed by atoms with Gasteiger partial charge in [0.1, 0.15) is 6.26 Å². The van der Waals surface area contributed by atoms with Crippen molar-refractivity contribution in [3.63, 3.8) is 0 Å². The van der Waals surface area contributed by atoms with Crippen LogP contribution in [0, 0.1) is 0 Å². The Hall–Kier alpha value is -0.590. The summed E-state index contributed by atoms with van der Waals surface area (Å²) in [6.45, 7) is 0. The fraction of sp³-hybridized carbons (Fsp3) is 0.333. The van der Waals surface area contributed by atoms with Crippen LogP contribution in [-0.2, 0) is 6.26 Å². The standard InChI is InChI=1S/C3H8ClN4S.H3N/c1-9-2-3(4)6-8(5)7-9;/h2,6-7H,5H2,1H3;1H3/q+1;. The molecule has 0 aliphatic carbocycles. The Morgan fingerprint density at radius 2 is 2.40 bits per heavy atom. The first-order chi connectivity index (χ1) is 4.18. The normalized spacial score (nSPS) is 10.4. The zero-order chi connectivity index (χ0) is 6.85. The summed E-state index contributed by atoms with van der Waals surface area (Å²) in [4.78, 5) is 1.24. The first-order valence-corrected chi connectivity index (χ1v) is 4.36. The zero-order valence-electron chi connectivity index (χ0n) is 5.60. The van der Waals surface area contributed by atoms with Gasteiger partial charge in [0.25, 0.3) is 0 Å². The summed E-state index contributed by atoms with van der Waals surface area (Å²) in [5.74, 6) is 5.31. The third kappa shape index (κ3) is 2.34. The number of H-pyrrole nitrogens is 2. The molecule has 1 rings (SSSR count). The van der Waals surface area contributed by atoms with E-state index in [0.717, 1.165) is 0 Å². The number of aromatic amines is 2. The number of aryl methyl sites for hydroxylation is 1. The van der Waals surface area contributed by atoms with Gasteiger partial charge < -0.3 is 12.0 Å². The van der Waals surface area contributed by atoms with E-state index in [4.69, 9.17) is 17.4 Å². The maximum absolute atomic E-state index is 5.60. The molecule has 0 saturated heterocycles. The van der Waals surface area contributed by atoms with Gasteiger partial charge in [-0.25, -0.2) is 5.10 Å². The molecule has 7 N–H and O–H groups in total. The van der Waals surface area contributed by atoms with E-state index in [1.54, 1.807) is 0 Å². The SMILES string of the molecule is C[s+]1cc(Cl)[nH]n(N)[nH]1.N. The monoisotopic (exact) mass is 184 g/mol. The molecule has 0 aliphatic rings. The van der Waals surface area contributed by atoms with Crippen LogP contribution in [0.1, 0.15) is 0 Å². The van der Waals surface area contributed by atoms with Crippen LogP contribution in [-0.4, -0.2) is 14.5 Å². The summed E-state index contributed by atoms with van der Waals surface area (Å²) in [5.41, 5.74) is 0. The molecule has 0 radical (unpaired) electrons. The highest BCUT2D eigenvalue weighted by atomic mass is 35.5. The van der Waals surface area contributed by atoms with E-state index >= 15 is 0 Å². The van der Waals surface area contributed by atoms with E-state index in [2.05, 4.69) is 9.59 Å². The highest BCUT2D eigenvalue weighted by molar-refractivity contribution is 7.22. The van der Waals surface area contributed by atoms with Crippen molar-refractivity contribution in [1.29, 1.82) is 0 Å². The molecule has 0 aromatic carbocycles. The number of aromatic nitrogens is 3. The molecular formula is C3H11ClN5S+. The summed E-state index contributed by atoms with van der Waals surface area (Å²) < 4.78 is 2.88. The summed E-state index contributed by atoms with van der Waals surface area (Å²) in [5, 5.41) is 5.05. The topological polar surface area (TPSA) is 97.5 Å². The zero-order valence-corrected chi connectivity index (χ0v) is 7.17. The number of hydrogen-bond donors (Lipinski definition) is 4. The van der Waals surface area contributed by atoms with Crippen LogP contribution in [0.25, 0.3) is 0 Å². The number of nitrogens with zero attached hydrogens (tertiary/aromatic N) is 1. The van der Waals surface area contributed by atoms with Gasteiger partial charge in [0.15, 0.2) is 10.5 Å². The van der Waals surface area contributed by atoms with Crippen LogP contribution in [0.15, 0.2) is 5.38 Å². The van der Waals surface area contributed by atoms with Crippen LogP contribution in [0.2, 0.25) is 5.15 Å². The maximum atomic E-state index is 5.60. The first kappa shape index (κ1) is 9.41. The lowest BCUT2D eigenvalue weighted by Crippen LogP contribution is -2.15. The van der Waals surface area contributed by atoms with Crippen molar-refractivity contribution < 1.29 is 0 Å². The van der Waals surface area contributed by atoms with E-state index in [0.29, 0.717) is 5.15 Å². The molecule has 1 unspecified atom stereocenters. The molecule has 1 heterocycles. The second kappa shape index (κ2) is 3.55. The lowest BCUT2D eigenvalue weighted by molar-refractivity contribution is 0.697. The highest BCUT2D eigenvalue weighted by Gasteiger charge is 1.95. The van der Waals surface area contributed by atoms with E-state index in [9.17, 15) is 0 Å². The minimum atomic E-state index is -0.0559. The molecule has 60 valence electrons. The van der Waals surface area contributed by atoms with Crippen molar-refractivity contribution in [3.8, 4) is 0 Å². The van der Waals surface area contributed by atoms with Crippen molar-refractivity contribution in [2.45, 2.75) is 0 Å². The van der Waals surface area contributed by atoms with Crippen molar-refractivity contribution in [2.24, 2.45) is 6.26 Å². The van der Waals surface area contributed by atoms with Crippen LogP contribution in [0.3, 0.4) is 0 Å². The molecule has 0 amide bonds. The van der Waals surface area contributed by atoms with E-state index < -0.39 is 0 Å². The Morgan fingerprint density at radius 1 is 1.80 bits per heavy atom. The average molecular weight is 185 g/mol. The van der Waals surface area contributed by atoms with E-state index in [1.807, 2.05) is 11.6 Å². The van der Waals surface area contributed by atoms with Gasteiger partial charge in [-0.3, -0.25) is 0 Å². The van der Waals surface area contributed by atoms with Crippen LogP contribution < -0.4 is 12.0 Å². The summed E-state index contributed by atoms with van der Waals surface area (Å²) in [6.07, 6.45) is 1.98. The van der Waals surface area contributed by atoms with Crippen molar-refractivity contribution >= 4 is 22.3 Å². The summed E-state index contributed by atoms with van der Waals surface area (Å²) in [7, 11) is -0.0559. The smallest absolute Gasteiger partial charge is 0.197 e. The van der Waals surface area contributed by atoms with Gasteiger partial charge in [0.05, 0.1) is 10.7 Å². The molecule has 1 aromatic rings. The molecule has 0 aliphatic heterocycles. The van der Waals surface area contributed by atoms with Crippen molar-refractivity contribution in [3.05, 3.63) is 10.5 Å². The average Bonchev–Trinajstić information content (AvgIpc) is 1.59. The highest BCUT2D eigenvalue weighted by Crippen LogP contribution is 2.09. The minimum absolute atomic E-state index is 0. The first-order valence-electron chi connectivity index (χ1n) is 2.28. The van der Waals surface area contributed by atoms with Gasteiger partial charge in [-0.1, -0.05) is 21.0 Å². The summed E-state index contributed by atoms with van der Waals surface area (Å²) >= 11 is 5.60. The molecule has 0 bridgehead atoms. The van der Waals surface area contributed by atoms with Crippen LogP contribution >= 0.6 is 22.3 Å². The maximum Gasteiger partial charge on any atom is 0.197 e. The molecule has 10 heavy (non-hydrogen) atoms. The number of halogens is 1. The van der Waals surface area contributed by atoms with Gasteiger partial charge in [-0.05, 0) is 0 Å². The number of rotatable bonds is 0. The number of nitrogens with two attached hydrogens (primary N) is 1. The van der Waals surface area contributed by atoms with Gasteiger partial charge in [0, 0.05) is 0 Å². The van der Waals surface area contributed by atoms with Gasteiger partial charge >= 0.3 is 0 Å². The Balaban J connectivity index is 0.000000810. The third-order valence-corrected chi connectivity index (χ3v) is 2.15. The largest absolute Gasteiger partial charge is 0.344 e. The molecule has 1 atom stereocenters. The molecule has 5 nitrogen and oxygen atoms in total. The fourth-order valence-electron chi connectivity index (χ4n) is 0.501. The molecule has 1 aromatic heterocycles. The number of nitrogen functional groups attached to an aromatic ring is 1. The van der Waals surface area contributed by atoms with Gasteiger partial charge in [-0.15, -0.1) is 0 Å². The molecule has 7 heteroatoms. The van der Waals surface area contributed by atoms with Crippen molar-refractivity contribution in [1.82, 2.24) is 20.6 Å². The Morgan fingerprint density at radius 3 is 2.80 bits per heavy atom. The van der Waals surface area contributed by atoms with Gasteiger partial charge in [-0.2, -0.15) is 0 Å². The number of nitrogens with one attached hydrogen (secondary N) is 2. The lowest BCUT2D eigenvalue weighted by Gasteiger charge is -1.95. The second-order valence-electron chi connectivity index (χ2n) is 1.60. The Kier molecular flexibility index (Phi) is 3.34. The van der Waals surface area contributed by atoms with Crippen LogP contribution in [0.4, 0.5) is 0 Å². The van der Waals surface area contributed by atoms with E-state index in [1.165, 1.54) is 4.91 Å². The second-order valence-corrected chi connectivity index (χ2v) is 3.54. The predicted molar refractivity (Wildman–Crippen MR) is 44.4 cm³/mol. The van der Waals surface area contributed by atoms with E-state index in [-0.39, 0.29) is 16.8 Å². The predicted octanol–water partition coefficient (Wildman–Crippen LogP) is 1.08. The van der Waals surface area contributed by atoms with Gasteiger partial charge in [0.2, 0.25) is 0 Å². The van der Waals surface area contributed by atoms with Crippen molar-refractivity contribution in [2.75, 3.05) is 5.84 Å². The molecular weight excluding hydrogens is 174 g/mol. The molecule has 0 saturated carbocycles. The Bertz CT molecular complexity index is 178. The van der Waals surface area contributed by atoms with Crippen LogP contribution in [0.5, 0.6) is 0 Å². The minimum Gasteiger partial charge on any atom is -0.344 e. The Labute approximate surface area is 66.1 Å². The molecule has 0 fully saturated rings.